The zero-order chi connectivity index (χ0) is 14.7. The maximum atomic E-state index is 13.6. The van der Waals surface area contributed by atoms with Gasteiger partial charge in [0.15, 0.2) is 6.04 Å². The van der Waals surface area contributed by atoms with Crippen molar-refractivity contribution in [2.75, 3.05) is 27.2 Å². The molecule has 2 atom stereocenters. The Morgan fingerprint density at radius 2 is 2.30 bits per heavy atom. The van der Waals surface area contributed by atoms with E-state index in [1.807, 2.05) is 19.0 Å². The quantitative estimate of drug-likeness (QED) is 0.763. The van der Waals surface area contributed by atoms with Crippen LogP contribution in [-0.2, 0) is 9.63 Å². The van der Waals surface area contributed by atoms with Gasteiger partial charge < -0.3 is 9.74 Å². The van der Waals surface area contributed by atoms with E-state index in [1.54, 1.807) is 12.2 Å². The number of allylic oxidation sites excluding steroid dienone is 5. The van der Waals surface area contributed by atoms with Gasteiger partial charge in [-0.25, -0.2) is 9.18 Å². The standard InChI is InChI=1S/C14H18FN3O2/c1-9-10(5-4-6-11(9)15)12-13(14(19)20-17-12)16-7-8-18(2)3/h4-6,10,13,16H,1,7-8H2,2-3H3. The molecule has 0 saturated carbocycles. The van der Waals surface area contributed by atoms with E-state index in [0.29, 0.717) is 17.8 Å². The fourth-order valence-electron chi connectivity index (χ4n) is 2.08. The molecule has 0 bridgehead atoms. The third kappa shape index (κ3) is 3.02. The van der Waals surface area contributed by atoms with E-state index in [-0.39, 0.29) is 0 Å². The van der Waals surface area contributed by atoms with Gasteiger partial charge in [0.1, 0.15) is 5.83 Å². The highest BCUT2D eigenvalue weighted by atomic mass is 19.1. The summed E-state index contributed by atoms with van der Waals surface area (Å²) in [5.74, 6) is -1.30. The molecule has 5 nitrogen and oxygen atoms in total. The topological polar surface area (TPSA) is 53.9 Å². The lowest BCUT2D eigenvalue weighted by atomic mass is 9.87. The SMILES string of the molecule is C=C1C(F)=CC=CC1C1=NOC(=O)C1NCCN(C)C. The number of carbonyl (C=O) groups is 1. The van der Waals surface area contributed by atoms with E-state index < -0.39 is 23.8 Å². The Labute approximate surface area is 117 Å². The molecule has 20 heavy (non-hydrogen) atoms. The number of oxime groups is 1. The predicted molar refractivity (Wildman–Crippen MR) is 74.8 cm³/mol. The van der Waals surface area contributed by atoms with Crippen LogP contribution in [0.4, 0.5) is 4.39 Å². The van der Waals surface area contributed by atoms with Gasteiger partial charge in [-0.1, -0.05) is 23.9 Å². The average molecular weight is 279 g/mol. The highest BCUT2D eigenvalue weighted by molar-refractivity contribution is 6.11. The minimum absolute atomic E-state index is 0.295. The maximum absolute atomic E-state index is 13.6. The monoisotopic (exact) mass is 279 g/mol. The average Bonchev–Trinajstić information content (AvgIpc) is 2.74. The minimum Gasteiger partial charge on any atom is -0.316 e. The number of carbonyl (C=O) groups excluding carboxylic acids is 1. The van der Waals surface area contributed by atoms with Crippen LogP contribution in [0.15, 0.2) is 41.4 Å². The summed E-state index contributed by atoms with van der Waals surface area (Å²) in [5.41, 5.74) is 0.752. The molecule has 0 fully saturated rings. The molecule has 1 aliphatic heterocycles. The number of nitrogens with one attached hydrogen (secondary N) is 1. The molecule has 2 aliphatic rings. The second-order valence-electron chi connectivity index (χ2n) is 5.02. The first-order valence-corrected chi connectivity index (χ1v) is 6.40. The van der Waals surface area contributed by atoms with Gasteiger partial charge in [-0.15, -0.1) is 0 Å². The van der Waals surface area contributed by atoms with E-state index in [9.17, 15) is 9.18 Å². The molecule has 108 valence electrons. The van der Waals surface area contributed by atoms with Crippen LogP contribution < -0.4 is 5.32 Å². The van der Waals surface area contributed by atoms with Crippen molar-refractivity contribution in [1.82, 2.24) is 10.2 Å². The molecule has 0 aromatic rings. The third-order valence-electron chi connectivity index (χ3n) is 3.23. The third-order valence-corrected chi connectivity index (χ3v) is 3.23. The summed E-state index contributed by atoms with van der Waals surface area (Å²) < 4.78 is 13.6. The van der Waals surface area contributed by atoms with Gasteiger partial charge in [0.05, 0.1) is 5.71 Å². The molecule has 2 rings (SSSR count). The van der Waals surface area contributed by atoms with Crippen LogP contribution in [0, 0.1) is 5.92 Å². The Morgan fingerprint density at radius 1 is 1.55 bits per heavy atom. The number of likely N-dealkylation sites (N-methyl/N-ethyl adjacent to an activating group) is 1. The highest BCUT2D eigenvalue weighted by Gasteiger charge is 2.38. The van der Waals surface area contributed by atoms with Gasteiger partial charge in [0.25, 0.3) is 0 Å². The molecular formula is C14H18FN3O2. The van der Waals surface area contributed by atoms with Gasteiger partial charge in [-0.3, -0.25) is 5.32 Å². The van der Waals surface area contributed by atoms with E-state index in [0.717, 1.165) is 6.54 Å². The summed E-state index contributed by atoms with van der Waals surface area (Å²) in [6.45, 7) is 5.09. The van der Waals surface area contributed by atoms with E-state index in [4.69, 9.17) is 4.84 Å². The van der Waals surface area contributed by atoms with E-state index in [2.05, 4.69) is 17.1 Å². The molecule has 6 heteroatoms. The van der Waals surface area contributed by atoms with Crippen molar-refractivity contribution >= 4 is 11.7 Å². The Morgan fingerprint density at radius 3 is 3.00 bits per heavy atom. The summed E-state index contributed by atoms with van der Waals surface area (Å²) >= 11 is 0. The second-order valence-corrected chi connectivity index (χ2v) is 5.02. The van der Waals surface area contributed by atoms with Crippen LogP contribution in [0.5, 0.6) is 0 Å². The lowest BCUT2D eigenvalue weighted by Gasteiger charge is -2.21. The fraction of sp³-hybridized carbons (Fsp3) is 0.429. The van der Waals surface area contributed by atoms with Crippen LogP contribution in [0.25, 0.3) is 0 Å². The highest BCUT2D eigenvalue weighted by Crippen LogP contribution is 2.29. The summed E-state index contributed by atoms with van der Waals surface area (Å²) in [5, 5.41) is 6.87. The zero-order valence-electron chi connectivity index (χ0n) is 11.6. The van der Waals surface area contributed by atoms with Crippen LogP contribution >= 0.6 is 0 Å². The molecule has 1 N–H and O–H groups in total. The Balaban J connectivity index is 2.06. The molecular weight excluding hydrogens is 261 g/mol. The van der Waals surface area contributed by atoms with Gasteiger partial charge in [-0.05, 0) is 25.7 Å². The first-order valence-electron chi connectivity index (χ1n) is 6.40. The zero-order valence-corrected chi connectivity index (χ0v) is 11.6. The molecule has 0 spiro atoms. The van der Waals surface area contributed by atoms with E-state index >= 15 is 0 Å². The molecule has 0 aromatic heterocycles. The summed E-state index contributed by atoms with van der Waals surface area (Å²) in [6, 6.07) is -0.646. The van der Waals surface area contributed by atoms with Crippen molar-refractivity contribution in [3.8, 4) is 0 Å². The first kappa shape index (κ1) is 14.6. The van der Waals surface area contributed by atoms with Crippen molar-refractivity contribution in [2.45, 2.75) is 6.04 Å². The van der Waals surface area contributed by atoms with E-state index in [1.165, 1.54) is 6.08 Å². The smallest absolute Gasteiger partial charge is 0.316 e. The predicted octanol–water partition coefficient (Wildman–Crippen LogP) is 1.01. The first-order chi connectivity index (χ1) is 9.50. The lowest BCUT2D eigenvalue weighted by molar-refractivity contribution is -0.141. The fourth-order valence-corrected chi connectivity index (χ4v) is 2.08. The van der Waals surface area contributed by atoms with Gasteiger partial charge in [-0.2, -0.15) is 0 Å². The molecule has 0 radical (unpaired) electrons. The lowest BCUT2D eigenvalue weighted by Crippen LogP contribution is -2.45. The number of halogens is 1. The van der Waals surface area contributed by atoms with Gasteiger partial charge >= 0.3 is 5.97 Å². The number of hydrogen-bond acceptors (Lipinski definition) is 5. The van der Waals surface area contributed by atoms with Gasteiger partial charge in [0.2, 0.25) is 0 Å². The molecule has 0 aromatic carbocycles. The maximum Gasteiger partial charge on any atom is 0.357 e. The molecule has 1 aliphatic carbocycles. The summed E-state index contributed by atoms with van der Waals surface area (Å²) in [6.07, 6.45) is 4.69. The number of rotatable bonds is 5. The van der Waals surface area contributed by atoms with Crippen LogP contribution in [0.2, 0.25) is 0 Å². The van der Waals surface area contributed by atoms with Crippen molar-refractivity contribution in [3.63, 3.8) is 0 Å². The van der Waals surface area contributed by atoms with Crippen LogP contribution in [0.3, 0.4) is 0 Å². The van der Waals surface area contributed by atoms with Crippen molar-refractivity contribution < 1.29 is 14.0 Å². The van der Waals surface area contributed by atoms with Crippen LogP contribution in [0.1, 0.15) is 0 Å². The Kier molecular flexibility index (Phi) is 4.46. The number of hydrogen-bond donors (Lipinski definition) is 1. The van der Waals surface area contributed by atoms with Crippen molar-refractivity contribution in [1.29, 1.82) is 0 Å². The van der Waals surface area contributed by atoms with Crippen molar-refractivity contribution in [3.05, 3.63) is 36.2 Å². The normalized spacial score (nSPS) is 25.8. The largest absolute Gasteiger partial charge is 0.357 e. The molecule has 0 amide bonds. The molecule has 2 unspecified atom stereocenters. The Bertz CT molecular complexity index is 509. The summed E-state index contributed by atoms with van der Waals surface area (Å²) in [7, 11) is 3.88. The Hall–Kier alpha value is -1.79. The molecule has 1 heterocycles. The molecule has 0 saturated heterocycles. The number of nitrogens with zero attached hydrogens (tertiary/aromatic N) is 2. The second kappa shape index (κ2) is 6.11. The van der Waals surface area contributed by atoms with Gasteiger partial charge in [0, 0.05) is 19.0 Å². The minimum atomic E-state index is -0.646. The van der Waals surface area contributed by atoms with Crippen LogP contribution in [-0.4, -0.2) is 49.8 Å². The summed E-state index contributed by atoms with van der Waals surface area (Å²) in [4.78, 5) is 18.4. The van der Waals surface area contributed by atoms with Crippen molar-refractivity contribution in [2.24, 2.45) is 11.1 Å².